The van der Waals surface area contributed by atoms with Gasteiger partial charge in [0.25, 0.3) is 0 Å². The fourth-order valence-electron chi connectivity index (χ4n) is 1.63. The lowest BCUT2D eigenvalue weighted by Crippen LogP contribution is -2.24. The maximum atomic E-state index is 5.88. The Hall–Kier alpha value is -1.30. The lowest BCUT2D eigenvalue weighted by Gasteiger charge is -2.23. The van der Waals surface area contributed by atoms with Crippen LogP contribution >= 0.6 is 0 Å². The highest BCUT2D eigenvalue weighted by molar-refractivity contribution is 5.46. The van der Waals surface area contributed by atoms with Crippen LogP contribution in [0.25, 0.3) is 0 Å². The Morgan fingerprint density at radius 1 is 1.54 bits per heavy atom. The molecule has 13 heavy (non-hydrogen) atoms. The Kier molecular flexibility index (Phi) is 2.05. The Balaban J connectivity index is 2.56. The molecule has 66 valence electrons. The molecule has 0 fully saturated rings. The van der Waals surface area contributed by atoms with Crippen molar-refractivity contribution in [2.24, 2.45) is 5.73 Å². The lowest BCUT2D eigenvalue weighted by atomic mass is 9.95. The van der Waals surface area contributed by atoms with Crippen molar-refractivity contribution < 1.29 is 4.74 Å². The molecule has 2 heteroatoms. The molecule has 1 atom stereocenters. The minimum atomic E-state index is -0.0305. The van der Waals surface area contributed by atoms with Gasteiger partial charge in [0.05, 0.1) is 19.3 Å². The molecule has 0 radical (unpaired) electrons. The Labute approximate surface area is 77.7 Å². The molecule has 1 aliphatic heterocycles. The van der Waals surface area contributed by atoms with Gasteiger partial charge in [-0.2, -0.15) is 0 Å². The zero-order valence-electron chi connectivity index (χ0n) is 7.29. The summed E-state index contributed by atoms with van der Waals surface area (Å²) in [5.74, 6) is 2.64. The van der Waals surface area contributed by atoms with Gasteiger partial charge in [0.15, 0.2) is 0 Å². The molecule has 0 spiro atoms. The highest BCUT2D eigenvalue weighted by atomic mass is 16.5. The van der Waals surface area contributed by atoms with E-state index in [1.165, 1.54) is 0 Å². The molecule has 2 nitrogen and oxygen atoms in total. The lowest BCUT2D eigenvalue weighted by molar-refractivity contribution is 0.0922. The van der Waals surface area contributed by atoms with Gasteiger partial charge in [-0.25, -0.2) is 0 Å². The Morgan fingerprint density at radius 3 is 3.15 bits per heavy atom. The average molecular weight is 173 g/mol. The minimum Gasteiger partial charge on any atom is -0.375 e. The van der Waals surface area contributed by atoms with Crippen LogP contribution in [0.4, 0.5) is 0 Å². The van der Waals surface area contributed by atoms with E-state index < -0.39 is 0 Å². The topological polar surface area (TPSA) is 35.2 Å². The van der Waals surface area contributed by atoms with Crippen molar-refractivity contribution in [3.05, 3.63) is 34.9 Å². The Bertz CT molecular complexity index is 365. The standard InChI is InChI=1S/C11H11NO/c1-2-8-4-3-5-9-10(8)6-13-7-11(9)12/h1,3-5,11H,6-7,12H2/t11-/m0/s1. The molecule has 1 aliphatic rings. The number of hydrogen-bond donors (Lipinski definition) is 1. The number of hydrogen-bond acceptors (Lipinski definition) is 2. The van der Waals surface area contributed by atoms with Crippen LogP contribution in [-0.2, 0) is 11.3 Å². The fourth-order valence-corrected chi connectivity index (χ4v) is 1.63. The van der Waals surface area contributed by atoms with Gasteiger partial charge in [0.1, 0.15) is 0 Å². The van der Waals surface area contributed by atoms with Gasteiger partial charge in [-0.05, 0) is 17.2 Å². The zero-order valence-corrected chi connectivity index (χ0v) is 7.29. The molecule has 0 unspecified atom stereocenters. The van der Waals surface area contributed by atoms with Gasteiger partial charge < -0.3 is 10.5 Å². The van der Waals surface area contributed by atoms with Crippen LogP contribution < -0.4 is 5.73 Å². The zero-order chi connectivity index (χ0) is 9.26. The number of fused-ring (bicyclic) bond motifs is 1. The predicted molar refractivity (Wildman–Crippen MR) is 51.0 cm³/mol. The van der Waals surface area contributed by atoms with E-state index in [1.807, 2.05) is 18.2 Å². The first-order valence-corrected chi connectivity index (χ1v) is 4.24. The van der Waals surface area contributed by atoms with Gasteiger partial charge >= 0.3 is 0 Å². The first-order valence-electron chi connectivity index (χ1n) is 4.24. The van der Waals surface area contributed by atoms with E-state index in [9.17, 15) is 0 Å². The van der Waals surface area contributed by atoms with Gasteiger partial charge in [-0.3, -0.25) is 0 Å². The van der Waals surface area contributed by atoms with E-state index in [4.69, 9.17) is 16.9 Å². The van der Waals surface area contributed by atoms with E-state index in [1.54, 1.807) is 0 Å². The Morgan fingerprint density at radius 2 is 2.38 bits per heavy atom. The molecule has 2 rings (SSSR count). The van der Waals surface area contributed by atoms with Crippen LogP contribution in [0.15, 0.2) is 18.2 Å². The average Bonchev–Trinajstić information content (AvgIpc) is 2.18. The molecule has 1 heterocycles. The van der Waals surface area contributed by atoms with Crippen molar-refractivity contribution in [2.45, 2.75) is 12.6 Å². The quantitative estimate of drug-likeness (QED) is 0.598. The summed E-state index contributed by atoms with van der Waals surface area (Å²) in [6.07, 6.45) is 5.37. The molecule has 2 N–H and O–H groups in total. The molecule has 0 saturated carbocycles. The fraction of sp³-hybridized carbons (Fsp3) is 0.273. The van der Waals surface area contributed by atoms with Crippen molar-refractivity contribution in [3.8, 4) is 12.3 Å². The van der Waals surface area contributed by atoms with Gasteiger partial charge in [-0.15, -0.1) is 6.42 Å². The van der Waals surface area contributed by atoms with Crippen molar-refractivity contribution >= 4 is 0 Å². The normalized spacial score (nSPS) is 20.5. The molecule has 0 amide bonds. The SMILES string of the molecule is C#Cc1cccc2c1COC[C@@H]2N. The van der Waals surface area contributed by atoms with Crippen LogP contribution in [0, 0.1) is 12.3 Å². The van der Waals surface area contributed by atoms with Gasteiger partial charge in [-0.1, -0.05) is 18.1 Å². The summed E-state index contributed by atoms with van der Waals surface area (Å²) >= 11 is 0. The van der Waals surface area contributed by atoms with Crippen LogP contribution in [0.2, 0.25) is 0 Å². The van der Waals surface area contributed by atoms with Crippen LogP contribution in [0.5, 0.6) is 0 Å². The number of rotatable bonds is 0. The van der Waals surface area contributed by atoms with E-state index in [-0.39, 0.29) is 6.04 Å². The molecular formula is C11H11NO. The largest absolute Gasteiger partial charge is 0.375 e. The second-order valence-electron chi connectivity index (χ2n) is 3.14. The summed E-state index contributed by atoms with van der Waals surface area (Å²) in [5.41, 5.74) is 8.97. The van der Waals surface area contributed by atoms with E-state index in [0.717, 1.165) is 16.7 Å². The monoisotopic (exact) mass is 173 g/mol. The maximum absolute atomic E-state index is 5.88. The van der Waals surface area contributed by atoms with Gasteiger partial charge in [0, 0.05) is 5.56 Å². The highest BCUT2D eigenvalue weighted by Gasteiger charge is 2.18. The van der Waals surface area contributed by atoms with Crippen LogP contribution in [0.1, 0.15) is 22.7 Å². The molecule has 1 aromatic rings. The smallest absolute Gasteiger partial charge is 0.0733 e. The minimum absolute atomic E-state index is 0.0305. The molecule has 1 aromatic carbocycles. The predicted octanol–water partition coefficient (Wildman–Crippen LogP) is 1.20. The molecule has 0 aliphatic carbocycles. The van der Waals surface area contributed by atoms with E-state index in [0.29, 0.717) is 13.2 Å². The van der Waals surface area contributed by atoms with E-state index >= 15 is 0 Å². The number of nitrogens with two attached hydrogens (primary N) is 1. The summed E-state index contributed by atoms with van der Waals surface area (Å²) in [5, 5.41) is 0. The molecule has 0 bridgehead atoms. The number of terminal acetylenes is 1. The van der Waals surface area contributed by atoms with Gasteiger partial charge in [0.2, 0.25) is 0 Å². The number of benzene rings is 1. The summed E-state index contributed by atoms with van der Waals surface area (Å²) in [6.45, 7) is 1.17. The third kappa shape index (κ3) is 1.33. The number of ether oxygens (including phenoxy) is 1. The first kappa shape index (κ1) is 8.31. The van der Waals surface area contributed by atoms with Crippen molar-refractivity contribution in [1.82, 2.24) is 0 Å². The van der Waals surface area contributed by atoms with Crippen molar-refractivity contribution in [1.29, 1.82) is 0 Å². The second kappa shape index (κ2) is 3.21. The van der Waals surface area contributed by atoms with Crippen molar-refractivity contribution in [3.63, 3.8) is 0 Å². The summed E-state index contributed by atoms with van der Waals surface area (Å²) in [7, 11) is 0. The maximum Gasteiger partial charge on any atom is 0.0733 e. The summed E-state index contributed by atoms with van der Waals surface area (Å²) in [4.78, 5) is 0. The van der Waals surface area contributed by atoms with Crippen molar-refractivity contribution in [2.75, 3.05) is 6.61 Å². The molecule has 0 aromatic heterocycles. The van der Waals surface area contributed by atoms with E-state index in [2.05, 4.69) is 5.92 Å². The molecule has 0 saturated heterocycles. The van der Waals surface area contributed by atoms with Crippen LogP contribution in [-0.4, -0.2) is 6.61 Å². The first-order chi connectivity index (χ1) is 6.33. The highest BCUT2D eigenvalue weighted by Crippen LogP contribution is 2.25. The second-order valence-corrected chi connectivity index (χ2v) is 3.14. The van der Waals surface area contributed by atoms with Crippen LogP contribution in [0.3, 0.4) is 0 Å². The third-order valence-electron chi connectivity index (χ3n) is 2.31. The summed E-state index contributed by atoms with van der Waals surface area (Å²) < 4.78 is 5.33. The molecular weight excluding hydrogens is 162 g/mol. The summed E-state index contributed by atoms with van der Waals surface area (Å²) in [6, 6.07) is 5.85. The third-order valence-corrected chi connectivity index (χ3v) is 2.31.